The number of carbonyl (C=O) groups is 1. The molecule has 3 aromatic rings. The first kappa shape index (κ1) is 17.0. The van der Waals surface area contributed by atoms with Crippen LogP contribution in [-0.2, 0) is 16.0 Å². The Kier molecular flexibility index (Phi) is 4.60. The van der Waals surface area contributed by atoms with Crippen LogP contribution in [0.25, 0.3) is 5.65 Å². The van der Waals surface area contributed by atoms with Crippen molar-refractivity contribution in [3.63, 3.8) is 0 Å². The number of rotatable bonds is 5. The number of nitrogens with zero attached hydrogens (tertiary/aromatic N) is 6. The Morgan fingerprint density at radius 1 is 1.38 bits per heavy atom. The molecule has 1 atom stereocenters. The van der Waals surface area contributed by atoms with Crippen molar-refractivity contribution in [3.8, 4) is 0 Å². The van der Waals surface area contributed by atoms with Crippen LogP contribution in [0, 0.1) is 13.8 Å². The minimum absolute atomic E-state index is 0.0180. The molecule has 0 spiro atoms. The second kappa shape index (κ2) is 7.04. The molecule has 9 nitrogen and oxygen atoms in total. The topological polar surface area (TPSA) is 107 Å². The first-order valence-corrected chi connectivity index (χ1v) is 9.34. The number of nitrogens with one attached hydrogen (secondary N) is 1. The zero-order valence-corrected chi connectivity index (χ0v) is 15.4. The molecule has 0 saturated carbocycles. The highest BCUT2D eigenvalue weighted by atomic mass is 32.1. The molecule has 136 valence electrons. The molecule has 1 amide bonds. The number of fused-ring (bicyclic) bond motifs is 1. The van der Waals surface area contributed by atoms with E-state index < -0.39 is 0 Å². The first-order chi connectivity index (χ1) is 12.6. The Balaban J connectivity index is 1.40. The SMILES string of the molecule is Cc1nn2cnnc2c(C)c1CCC(=O)Nc1nnc(C2CCCO2)s1. The van der Waals surface area contributed by atoms with Crippen molar-refractivity contribution in [2.75, 3.05) is 11.9 Å². The van der Waals surface area contributed by atoms with Crippen molar-refractivity contribution in [3.05, 3.63) is 28.2 Å². The maximum Gasteiger partial charge on any atom is 0.226 e. The molecular weight excluding hydrogens is 354 g/mol. The predicted molar refractivity (Wildman–Crippen MR) is 95.0 cm³/mol. The van der Waals surface area contributed by atoms with E-state index in [4.69, 9.17) is 4.74 Å². The Labute approximate surface area is 153 Å². The van der Waals surface area contributed by atoms with E-state index in [0.717, 1.165) is 46.9 Å². The van der Waals surface area contributed by atoms with Gasteiger partial charge in [-0.25, -0.2) is 4.52 Å². The van der Waals surface area contributed by atoms with Crippen LogP contribution in [-0.4, -0.2) is 42.5 Å². The van der Waals surface area contributed by atoms with Crippen LogP contribution < -0.4 is 5.32 Å². The smallest absolute Gasteiger partial charge is 0.226 e. The summed E-state index contributed by atoms with van der Waals surface area (Å²) in [5, 5.41) is 24.7. The van der Waals surface area contributed by atoms with Gasteiger partial charge in [0.25, 0.3) is 0 Å². The molecule has 4 heterocycles. The summed E-state index contributed by atoms with van der Waals surface area (Å²) in [7, 11) is 0. The van der Waals surface area contributed by atoms with Crippen molar-refractivity contribution < 1.29 is 9.53 Å². The lowest BCUT2D eigenvalue weighted by molar-refractivity contribution is -0.116. The quantitative estimate of drug-likeness (QED) is 0.729. The number of hydrogen-bond donors (Lipinski definition) is 1. The molecular formula is C16H19N7O2S. The first-order valence-electron chi connectivity index (χ1n) is 8.53. The van der Waals surface area contributed by atoms with Crippen molar-refractivity contribution >= 4 is 28.0 Å². The zero-order chi connectivity index (χ0) is 18.1. The molecule has 4 rings (SSSR count). The lowest BCUT2D eigenvalue weighted by Crippen LogP contribution is -2.13. The number of carbonyl (C=O) groups excluding carboxylic acids is 1. The molecule has 1 aliphatic heterocycles. The van der Waals surface area contributed by atoms with Gasteiger partial charge in [0.15, 0.2) is 5.65 Å². The van der Waals surface area contributed by atoms with Crippen LogP contribution in [0.1, 0.15) is 47.2 Å². The van der Waals surface area contributed by atoms with Gasteiger partial charge in [0, 0.05) is 18.6 Å². The number of aromatic nitrogens is 6. The van der Waals surface area contributed by atoms with Gasteiger partial charge in [-0.15, -0.1) is 20.4 Å². The lowest BCUT2D eigenvalue weighted by atomic mass is 10.0. The minimum Gasteiger partial charge on any atom is -0.371 e. The third-order valence-electron chi connectivity index (χ3n) is 4.51. The van der Waals surface area contributed by atoms with E-state index in [1.165, 1.54) is 11.3 Å². The van der Waals surface area contributed by atoms with Crippen LogP contribution in [0.3, 0.4) is 0 Å². The average molecular weight is 373 g/mol. The van der Waals surface area contributed by atoms with Gasteiger partial charge in [0.2, 0.25) is 11.0 Å². The van der Waals surface area contributed by atoms with Gasteiger partial charge >= 0.3 is 0 Å². The van der Waals surface area contributed by atoms with Gasteiger partial charge in [0.05, 0.1) is 5.69 Å². The molecule has 10 heteroatoms. The molecule has 0 aliphatic carbocycles. The van der Waals surface area contributed by atoms with E-state index in [-0.39, 0.29) is 12.0 Å². The fourth-order valence-corrected chi connectivity index (χ4v) is 4.00. The van der Waals surface area contributed by atoms with E-state index in [9.17, 15) is 4.79 Å². The molecule has 1 unspecified atom stereocenters. The predicted octanol–water partition coefficient (Wildman–Crippen LogP) is 2.02. The molecule has 0 aromatic carbocycles. The van der Waals surface area contributed by atoms with Crippen molar-refractivity contribution in [1.29, 1.82) is 0 Å². The average Bonchev–Trinajstić information content (AvgIpc) is 3.35. The molecule has 1 N–H and O–H groups in total. The highest BCUT2D eigenvalue weighted by molar-refractivity contribution is 7.15. The number of amides is 1. The van der Waals surface area contributed by atoms with E-state index >= 15 is 0 Å². The van der Waals surface area contributed by atoms with Crippen LogP contribution in [0.2, 0.25) is 0 Å². The third kappa shape index (κ3) is 3.29. The fourth-order valence-electron chi connectivity index (χ4n) is 3.15. The van der Waals surface area contributed by atoms with Crippen molar-refractivity contribution in [2.24, 2.45) is 0 Å². The summed E-state index contributed by atoms with van der Waals surface area (Å²) in [5.41, 5.74) is 3.62. The van der Waals surface area contributed by atoms with Crippen LogP contribution in [0.5, 0.6) is 0 Å². The van der Waals surface area contributed by atoms with Crippen LogP contribution in [0.4, 0.5) is 5.13 Å². The van der Waals surface area contributed by atoms with Gasteiger partial charge in [0.1, 0.15) is 17.4 Å². The summed E-state index contributed by atoms with van der Waals surface area (Å²) in [5.74, 6) is -0.0971. The summed E-state index contributed by atoms with van der Waals surface area (Å²) in [6.45, 7) is 4.66. The summed E-state index contributed by atoms with van der Waals surface area (Å²) in [6, 6.07) is 0. The van der Waals surface area contributed by atoms with Gasteiger partial charge in [-0.1, -0.05) is 11.3 Å². The van der Waals surface area contributed by atoms with Gasteiger partial charge in [-0.2, -0.15) is 5.10 Å². The van der Waals surface area contributed by atoms with E-state index in [0.29, 0.717) is 18.0 Å². The molecule has 0 bridgehead atoms. The normalized spacial score (nSPS) is 17.1. The second-order valence-electron chi connectivity index (χ2n) is 6.28. The van der Waals surface area contributed by atoms with Crippen LogP contribution in [0.15, 0.2) is 6.33 Å². The Morgan fingerprint density at radius 2 is 2.27 bits per heavy atom. The molecule has 3 aromatic heterocycles. The van der Waals surface area contributed by atoms with E-state index in [1.807, 2.05) is 13.8 Å². The van der Waals surface area contributed by atoms with Crippen molar-refractivity contribution in [2.45, 2.75) is 45.6 Å². The molecule has 1 aliphatic rings. The monoisotopic (exact) mass is 373 g/mol. The Bertz CT molecular complexity index is 945. The second-order valence-corrected chi connectivity index (χ2v) is 7.29. The van der Waals surface area contributed by atoms with Crippen molar-refractivity contribution in [1.82, 2.24) is 30.0 Å². The van der Waals surface area contributed by atoms with Crippen LogP contribution >= 0.6 is 11.3 Å². The highest BCUT2D eigenvalue weighted by Crippen LogP contribution is 2.31. The van der Waals surface area contributed by atoms with Gasteiger partial charge in [-0.05, 0) is 38.7 Å². The van der Waals surface area contributed by atoms with E-state index in [2.05, 4.69) is 30.8 Å². The zero-order valence-electron chi connectivity index (χ0n) is 14.6. The Hall–Kier alpha value is -2.46. The number of aryl methyl sites for hydroxylation is 2. The summed E-state index contributed by atoms with van der Waals surface area (Å²) in [6.07, 6.45) is 4.51. The highest BCUT2D eigenvalue weighted by Gasteiger charge is 2.22. The molecule has 26 heavy (non-hydrogen) atoms. The number of ether oxygens (including phenoxy) is 1. The summed E-state index contributed by atoms with van der Waals surface area (Å²) < 4.78 is 7.25. The summed E-state index contributed by atoms with van der Waals surface area (Å²) in [4.78, 5) is 12.3. The molecule has 1 fully saturated rings. The minimum atomic E-state index is -0.0971. The maximum absolute atomic E-state index is 12.3. The molecule has 0 radical (unpaired) electrons. The third-order valence-corrected chi connectivity index (χ3v) is 5.44. The van der Waals surface area contributed by atoms with Gasteiger partial charge in [-0.3, -0.25) is 4.79 Å². The number of anilines is 1. The van der Waals surface area contributed by atoms with E-state index in [1.54, 1.807) is 10.8 Å². The standard InChI is InChI=1S/C16H19N7O2S/c1-9-11(10(2)22-23-8-17-19-14(9)23)5-6-13(24)18-16-21-20-15(26-16)12-4-3-7-25-12/h8,12H,3-7H2,1-2H3,(H,18,21,24). The largest absolute Gasteiger partial charge is 0.371 e. The fraction of sp³-hybridized carbons (Fsp3) is 0.500. The molecule has 1 saturated heterocycles. The Morgan fingerprint density at radius 3 is 3.08 bits per heavy atom. The lowest BCUT2D eigenvalue weighted by Gasteiger charge is -2.09. The maximum atomic E-state index is 12.3. The number of hydrogen-bond acceptors (Lipinski definition) is 8. The van der Waals surface area contributed by atoms with Gasteiger partial charge < -0.3 is 10.1 Å². The summed E-state index contributed by atoms with van der Waals surface area (Å²) >= 11 is 1.38.